The first-order valence-corrected chi connectivity index (χ1v) is 9.05. The van der Waals surface area contributed by atoms with Crippen molar-refractivity contribution in [1.29, 1.82) is 0 Å². The molecule has 0 N–H and O–H groups in total. The SMILES string of the molecule is COc1ccc(-n2ccc([C@H]3SCC(=O)N3Cc3ccco3)c2)cc1. The smallest absolute Gasteiger partial charge is 0.234 e. The molecule has 0 spiro atoms. The first-order valence-electron chi connectivity index (χ1n) is 8.00. The molecule has 0 bridgehead atoms. The molecule has 4 rings (SSSR count). The second kappa shape index (κ2) is 6.72. The van der Waals surface area contributed by atoms with Crippen molar-refractivity contribution < 1.29 is 13.9 Å². The average molecular weight is 354 g/mol. The summed E-state index contributed by atoms with van der Waals surface area (Å²) in [6, 6.07) is 13.7. The summed E-state index contributed by atoms with van der Waals surface area (Å²) in [5.74, 6) is 2.27. The van der Waals surface area contributed by atoms with Gasteiger partial charge in [0.05, 0.1) is 25.7 Å². The fourth-order valence-electron chi connectivity index (χ4n) is 2.95. The number of amides is 1. The Bertz CT molecular complexity index is 855. The molecule has 1 saturated heterocycles. The number of ether oxygens (including phenoxy) is 1. The molecular weight excluding hydrogens is 336 g/mol. The van der Waals surface area contributed by atoms with Gasteiger partial charge in [-0.05, 0) is 42.5 Å². The number of hydrogen-bond acceptors (Lipinski definition) is 4. The highest BCUT2D eigenvalue weighted by Crippen LogP contribution is 2.40. The summed E-state index contributed by atoms with van der Waals surface area (Å²) in [4.78, 5) is 14.1. The van der Waals surface area contributed by atoms with Gasteiger partial charge in [0, 0.05) is 23.6 Å². The van der Waals surface area contributed by atoms with Gasteiger partial charge in [-0.25, -0.2) is 0 Å². The minimum Gasteiger partial charge on any atom is -0.497 e. The van der Waals surface area contributed by atoms with Crippen molar-refractivity contribution in [2.75, 3.05) is 12.9 Å². The number of carbonyl (C=O) groups excluding carboxylic acids is 1. The Labute approximate surface area is 150 Å². The highest BCUT2D eigenvalue weighted by Gasteiger charge is 2.33. The number of furan rings is 1. The van der Waals surface area contributed by atoms with E-state index in [-0.39, 0.29) is 11.3 Å². The topological polar surface area (TPSA) is 47.6 Å². The molecule has 1 aromatic carbocycles. The Kier molecular flexibility index (Phi) is 4.28. The van der Waals surface area contributed by atoms with Crippen LogP contribution >= 0.6 is 11.8 Å². The fourth-order valence-corrected chi connectivity index (χ4v) is 4.12. The largest absolute Gasteiger partial charge is 0.497 e. The lowest BCUT2D eigenvalue weighted by atomic mass is 10.3. The van der Waals surface area contributed by atoms with Crippen LogP contribution in [0.3, 0.4) is 0 Å². The van der Waals surface area contributed by atoms with E-state index in [1.807, 2.05) is 47.5 Å². The van der Waals surface area contributed by atoms with Gasteiger partial charge in [-0.15, -0.1) is 11.8 Å². The van der Waals surface area contributed by atoms with E-state index in [2.05, 4.69) is 16.8 Å². The summed E-state index contributed by atoms with van der Waals surface area (Å²) in [5, 5.41) is 0.0112. The zero-order chi connectivity index (χ0) is 17.2. The Morgan fingerprint density at radius 3 is 2.80 bits per heavy atom. The van der Waals surface area contributed by atoms with Gasteiger partial charge in [0.15, 0.2) is 0 Å². The van der Waals surface area contributed by atoms with Crippen molar-refractivity contribution in [3.8, 4) is 11.4 Å². The van der Waals surface area contributed by atoms with Crippen molar-refractivity contribution in [2.45, 2.75) is 11.9 Å². The molecule has 0 aliphatic carbocycles. The first kappa shape index (κ1) is 15.9. The molecule has 25 heavy (non-hydrogen) atoms. The zero-order valence-corrected chi connectivity index (χ0v) is 14.6. The van der Waals surface area contributed by atoms with E-state index in [0.29, 0.717) is 12.3 Å². The van der Waals surface area contributed by atoms with Gasteiger partial charge >= 0.3 is 0 Å². The molecule has 3 heterocycles. The monoisotopic (exact) mass is 354 g/mol. The molecule has 0 radical (unpaired) electrons. The van der Waals surface area contributed by atoms with Crippen LogP contribution in [0.5, 0.6) is 5.75 Å². The van der Waals surface area contributed by atoms with Crippen molar-refractivity contribution >= 4 is 17.7 Å². The van der Waals surface area contributed by atoms with Crippen LogP contribution in [0.2, 0.25) is 0 Å². The summed E-state index contributed by atoms with van der Waals surface area (Å²) >= 11 is 1.65. The Hall–Kier alpha value is -2.60. The lowest BCUT2D eigenvalue weighted by molar-refractivity contribution is -0.128. The lowest BCUT2D eigenvalue weighted by Crippen LogP contribution is -2.27. The van der Waals surface area contributed by atoms with Gasteiger partial charge in [-0.1, -0.05) is 0 Å². The molecule has 1 atom stereocenters. The van der Waals surface area contributed by atoms with E-state index in [0.717, 1.165) is 22.8 Å². The minimum atomic E-state index is 0.0112. The maximum Gasteiger partial charge on any atom is 0.234 e. The van der Waals surface area contributed by atoms with Crippen LogP contribution in [-0.4, -0.2) is 28.2 Å². The van der Waals surface area contributed by atoms with Crippen LogP contribution in [0.15, 0.2) is 65.5 Å². The molecule has 5 nitrogen and oxygen atoms in total. The number of thioether (sulfide) groups is 1. The second-order valence-corrected chi connectivity index (χ2v) is 6.88. The molecule has 1 aliphatic rings. The number of methoxy groups -OCH3 is 1. The number of rotatable bonds is 5. The predicted octanol–water partition coefficient (Wildman–Crippen LogP) is 3.85. The summed E-state index contributed by atoms with van der Waals surface area (Å²) in [6.07, 6.45) is 5.73. The molecule has 1 aliphatic heterocycles. The number of aromatic nitrogens is 1. The molecule has 128 valence electrons. The molecule has 1 fully saturated rings. The van der Waals surface area contributed by atoms with Crippen LogP contribution in [0, 0.1) is 0 Å². The Morgan fingerprint density at radius 2 is 2.08 bits per heavy atom. The van der Waals surface area contributed by atoms with Crippen molar-refractivity contribution in [2.24, 2.45) is 0 Å². The van der Waals surface area contributed by atoms with Gasteiger partial charge in [-0.2, -0.15) is 0 Å². The quantitative estimate of drug-likeness (QED) is 0.698. The third-order valence-electron chi connectivity index (χ3n) is 4.25. The summed E-state index contributed by atoms with van der Waals surface area (Å²) in [6.45, 7) is 0.497. The van der Waals surface area contributed by atoms with E-state index in [1.165, 1.54) is 0 Å². The van der Waals surface area contributed by atoms with E-state index >= 15 is 0 Å². The maximum atomic E-state index is 12.3. The highest BCUT2D eigenvalue weighted by molar-refractivity contribution is 8.00. The predicted molar refractivity (Wildman–Crippen MR) is 96.8 cm³/mol. The number of carbonyl (C=O) groups is 1. The van der Waals surface area contributed by atoms with E-state index < -0.39 is 0 Å². The van der Waals surface area contributed by atoms with Crippen molar-refractivity contribution in [3.63, 3.8) is 0 Å². The third-order valence-corrected chi connectivity index (χ3v) is 5.50. The standard InChI is InChI=1S/C19H18N2O3S/c1-23-16-6-4-15(5-7-16)20-9-8-14(11-20)19-21(18(22)13-25-19)12-17-3-2-10-24-17/h2-11,19H,12-13H2,1H3/t19-/m1/s1. The highest BCUT2D eigenvalue weighted by atomic mass is 32.2. The van der Waals surface area contributed by atoms with Gasteiger partial charge in [-0.3, -0.25) is 4.79 Å². The van der Waals surface area contributed by atoms with E-state index in [1.54, 1.807) is 25.1 Å². The van der Waals surface area contributed by atoms with Crippen LogP contribution < -0.4 is 4.74 Å². The minimum absolute atomic E-state index is 0.0112. The fraction of sp³-hybridized carbons (Fsp3) is 0.211. The van der Waals surface area contributed by atoms with Crippen molar-refractivity contribution in [1.82, 2.24) is 9.47 Å². The third kappa shape index (κ3) is 3.17. The lowest BCUT2D eigenvalue weighted by Gasteiger charge is -2.22. The molecule has 2 aromatic heterocycles. The molecule has 6 heteroatoms. The van der Waals surface area contributed by atoms with Gasteiger partial charge in [0.25, 0.3) is 0 Å². The van der Waals surface area contributed by atoms with E-state index in [9.17, 15) is 4.79 Å². The van der Waals surface area contributed by atoms with Gasteiger partial charge in [0.1, 0.15) is 16.9 Å². The normalized spacial score (nSPS) is 17.2. The molecule has 1 amide bonds. The average Bonchev–Trinajstić information content (AvgIpc) is 3.38. The van der Waals surface area contributed by atoms with Gasteiger partial charge < -0.3 is 18.6 Å². The Balaban J connectivity index is 1.56. The molecule has 0 unspecified atom stereocenters. The van der Waals surface area contributed by atoms with Crippen LogP contribution in [0.1, 0.15) is 16.7 Å². The first-order chi connectivity index (χ1) is 12.2. The molecule has 3 aromatic rings. The summed E-state index contributed by atoms with van der Waals surface area (Å²) in [7, 11) is 1.66. The number of benzene rings is 1. The molecular formula is C19H18N2O3S. The van der Waals surface area contributed by atoms with Crippen molar-refractivity contribution in [3.05, 3.63) is 72.4 Å². The number of nitrogens with zero attached hydrogens (tertiary/aromatic N) is 2. The molecule has 0 saturated carbocycles. The summed E-state index contributed by atoms with van der Waals surface area (Å²) in [5.41, 5.74) is 2.16. The van der Waals surface area contributed by atoms with Crippen LogP contribution in [0.4, 0.5) is 0 Å². The zero-order valence-electron chi connectivity index (χ0n) is 13.8. The van der Waals surface area contributed by atoms with Crippen LogP contribution in [0.25, 0.3) is 5.69 Å². The van der Waals surface area contributed by atoms with E-state index in [4.69, 9.17) is 9.15 Å². The maximum absolute atomic E-state index is 12.3. The Morgan fingerprint density at radius 1 is 1.24 bits per heavy atom. The van der Waals surface area contributed by atoms with Crippen LogP contribution in [-0.2, 0) is 11.3 Å². The summed E-state index contributed by atoms with van der Waals surface area (Å²) < 4.78 is 12.7. The number of hydrogen-bond donors (Lipinski definition) is 0. The second-order valence-electron chi connectivity index (χ2n) is 5.81. The van der Waals surface area contributed by atoms with Gasteiger partial charge in [0.2, 0.25) is 5.91 Å².